The van der Waals surface area contributed by atoms with E-state index in [1.165, 1.54) is 0 Å². The Morgan fingerprint density at radius 3 is 2.38 bits per heavy atom. The van der Waals surface area contributed by atoms with E-state index in [-0.39, 0.29) is 11.8 Å². The number of hydrogen-bond acceptors (Lipinski definition) is 3. The Morgan fingerprint density at radius 2 is 1.72 bits per heavy atom. The number of thioether (sulfide) groups is 1. The molecule has 0 radical (unpaired) electrons. The molecule has 29 heavy (non-hydrogen) atoms. The zero-order valence-electron chi connectivity index (χ0n) is 17.7. The predicted molar refractivity (Wildman–Crippen MR) is 121 cm³/mol. The van der Waals surface area contributed by atoms with E-state index in [1.807, 2.05) is 75.4 Å². The van der Waals surface area contributed by atoms with Gasteiger partial charge in [0.15, 0.2) is 0 Å². The Hall–Kier alpha value is -2.27. The van der Waals surface area contributed by atoms with Crippen molar-refractivity contribution in [3.8, 4) is 0 Å². The highest BCUT2D eigenvalue weighted by Gasteiger charge is 2.28. The monoisotopic (exact) mass is 412 g/mol. The summed E-state index contributed by atoms with van der Waals surface area (Å²) in [6.45, 7) is 7.12. The smallest absolute Gasteiger partial charge is 0.242 e. The van der Waals surface area contributed by atoms with Gasteiger partial charge in [-0.1, -0.05) is 56.3 Å². The molecule has 2 amide bonds. The summed E-state index contributed by atoms with van der Waals surface area (Å²) < 4.78 is 0. The van der Waals surface area contributed by atoms with Gasteiger partial charge in [-0.25, -0.2) is 0 Å². The van der Waals surface area contributed by atoms with Crippen molar-refractivity contribution in [3.05, 3.63) is 65.7 Å². The van der Waals surface area contributed by atoms with Gasteiger partial charge >= 0.3 is 0 Å². The fourth-order valence-electron chi connectivity index (χ4n) is 3.17. The maximum absolute atomic E-state index is 13.2. The van der Waals surface area contributed by atoms with Crippen LogP contribution in [0.3, 0.4) is 0 Å². The molecule has 0 aliphatic carbocycles. The van der Waals surface area contributed by atoms with E-state index < -0.39 is 6.04 Å². The van der Waals surface area contributed by atoms with Gasteiger partial charge in [0.1, 0.15) is 6.04 Å². The van der Waals surface area contributed by atoms with E-state index in [1.54, 1.807) is 16.7 Å². The maximum atomic E-state index is 13.2. The number of nitrogens with zero attached hydrogens (tertiary/aromatic N) is 1. The van der Waals surface area contributed by atoms with Crippen molar-refractivity contribution in [2.24, 2.45) is 0 Å². The molecule has 4 nitrogen and oxygen atoms in total. The van der Waals surface area contributed by atoms with Crippen LogP contribution < -0.4 is 5.32 Å². The molecule has 0 fully saturated rings. The molecule has 1 unspecified atom stereocenters. The quantitative estimate of drug-likeness (QED) is 0.539. The number of amides is 2. The summed E-state index contributed by atoms with van der Waals surface area (Å²) in [5, 5.41) is 2.96. The molecule has 5 heteroatoms. The Labute approximate surface area is 179 Å². The lowest BCUT2D eigenvalue weighted by Gasteiger charge is -2.31. The van der Waals surface area contributed by atoms with Gasteiger partial charge in [0, 0.05) is 30.2 Å². The second-order valence-corrected chi connectivity index (χ2v) is 8.24. The lowest BCUT2D eigenvalue weighted by molar-refractivity contribution is -0.141. The molecule has 0 aliphatic rings. The van der Waals surface area contributed by atoms with Gasteiger partial charge in [-0.3, -0.25) is 9.59 Å². The molecule has 0 heterocycles. The highest BCUT2D eigenvalue weighted by atomic mass is 32.2. The van der Waals surface area contributed by atoms with Crippen LogP contribution in [0.2, 0.25) is 0 Å². The van der Waals surface area contributed by atoms with Crippen LogP contribution in [-0.2, 0) is 16.1 Å². The van der Waals surface area contributed by atoms with Gasteiger partial charge < -0.3 is 10.2 Å². The molecule has 0 aliphatic heterocycles. The molecule has 2 aromatic carbocycles. The van der Waals surface area contributed by atoms with Gasteiger partial charge in [-0.15, -0.1) is 11.8 Å². The molecular weight excluding hydrogens is 380 g/mol. The second-order valence-electron chi connectivity index (χ2n) is 7.07. The zero-order chi connectivity index (χ0) is 21.1. The maximum Gasteiger partial charge on any atom is 0.242 e. The van der Waals surface area contributed by atoms with Crippen molar-refractivity contribution in [3.63, 3.8) is 0 Å². The molecule has 0 bridgehead atoms. The number of benzene rings is 2. The number of carbonyl (C=O) groups is 2. The van der Waals surface area contributed by atoms with E-state index >= 15 is 0 Å². The number of hydrogen-bond donors (Lipinski definition) is 1. The lowest BCUT2D eigenvalue weighted by atomic mass is 10.1. The Bertz CT molecular complexity index is 779. The van der Waals surface area contributed by atoms with Crippen molar-refractivity contribution >= 4 is 23.6 Å². The van der Waals surface area contributed by atoms with E-state index in [0.29, 0.717) is 31.7 Å². The summed E-state index contributed by atoms with van der Waals surface area (Å²) >= 11 is 1.67. The van der Waals surface area contributed by atoms with Gasteiger partial charge in [0.25, 0.3) is 0 Å². The number of carbonyl (C=O) groups excluding carboxylic acids is 2. The van der Waals surface area contributed by atoms with Gasteiger partial charge in [-0.2, -0.15) is 0 Å². The van der Waals surface area contributed by atoms with Crippen molar-refractivity contribution in [1.82, 2.24) is 10.2 Å². The first-order valence-electron chi connectivity index (χ1n) is 10.4. The molecular formula is C24H32N2O2S. The van der Waals surface area contributed by atoms with Crippen LogP contribution in [0.4, 0.5) is 0 Å². The molecule has 156 valence electrons. The summed E-state index contributed by atoms with van der Waals surface area (Å²) in [7, 11) is 0. The Morgan fingerprint density at radius 1 is 1.03 bits per heavy atom. The molecule has 2 rings (SSSR count). The Kier molecular flexibility index (Phi) is 9.78. The standard InChI is InChI=1S/C24H32N2O2S/c1-4-16-25-24(28)22(5-2)26(18-20-12-10-9-11-19(20)3)23(27)15-17-29-21-13-7-6-8-14-21/h6-14,22H,4-5,15-18H2,1-3H3,(H,25,28). The third kappa shape index (κ3) is 7.24. The van der Waals surface area contributed by atoms with E-state index in [9.17, 15) is 9.59 Å². The molecule has 1 N–H and O–H groups in total. The average molecular weight is 413 g/mol. The van der Waals surface area contributed by atoms with Crippen LogP contribution in [-0.4, -0.2) is 35.1 Å². The third-order valence-electron chi connectivity index (χ3n) is 4.86. The highest BCUT2D eigenvalue weighted by Crippen LogP contribution is 2.20. The van der Waals surface area contributed by atoms with Crippen LogP contribution in [0.25, 0.3) is 0 Å². The highest BCUT2D eigenvalue weighted by molar-refractivity contribution is 7.99. The fraction of sp³-hybridized carbons (Fsp3) is 0.417. The van der Waals surface area contributed by atoms with Crippen molar-refractivity contribution in [2.45, 2.75) is 57.5 Å². The van der Waals surface area contributed by atoms with E-state index in [4.69, 9.17) is 0 Å². The molecule has 0 saturated heterocycles. The Balaban J connectivity index is 2.12. The van der Waals surface area contributed by atoms with Crippen LogP contribution in [0.1, 0.15) is 44.2 Å². The van der Waals surface area contributed by atoms with E-state index in [2.05, 4.69) is 5.32 Å². The normalized spacial score (nSPS) is 11.7. The second kappa shape index (κ2) is 12.3. The number of aryl methyl sites for hydroxylation is 1. The van der Waals surface area contributed by atoms with Crippen molar-refractivity contribution in [2.75, 3.05) is 12.3 Å². The van der Waals surface area contributed by atoms with Gasteiger partial charge in [0.2, 0.25) is 11.8 Å². The van der Waals surface area contributed by atoms with E-state index in [0.717, 1.165) is 22.4 Å². The van der Waals surface area contributed by atoms with Gasteiger partial charge in [-0.05, 0) is 43.0 Å². The van der Waals surface area contributed by atoms with Crippen LogP contribution >= 0.6 is 11.8 Å². The summed E-state index contributed by atoms with van der Waals surface area (Å²) in [5.41, 5.74) is 2.21. The first-order chi connectivity index (χ1) is 14.1. The van der Waals surface area contributed by atoms with Crippen LogP contribution in [0, 0.1) is 6.92 Å². The number of rotatable bonds is 11. The minimum atomic E-state index is -0.449. The topological polar surface area (TPSA) is 49.4 Å². The van der Waals surface area contributed by atoms with Crippen molar-refractivity contribution < 1.29 is 9.59 Å². The predicted octanol–water partition coefficient (Wildman–Crippen LogP) is 4.81. The number of nitrogens with one attached hydrogen (secondary N) is 1. The largest absolute Gasteiger partial charge is 0.354 e. The van der Waals surface area contributed by atoms with Gasteiger partial charge in [0.05, 0.1) is 0 Å². The molecule has 0 aromatic heterocycles. The lowest BCUT2D eigenvalue weighted by Crippen LogP contribution is -2.49. The average Bonchev–Trinajstić information content (AvgIpc) is 2.74. The van der Waals surface area contributed by atoms with Crippen LogP contribution in [0.15, 0.2) is 59.5 Å². The van der Waals surface area contributed by atoms with Crippen molar-refractivity contribution in [1.29, 1.82) is 0 Å². The third-order valence-corrected chi connectivity index (χ3v) is 5.88. The summed E-state index contributed by atoms with van der Waals surface area (Å²) in [6, 6.07) is 17.7. The zero-order valence-corrected chi connectivity index (χ0v) is 18.5. The summed E-state index contributed by atoms with van der Waals surface area (Å²) in [5.74, 6) is 0.655. The molecule has 0 spiro atoms. The molecule has 1 atom stereocenters. The first kappa shape index (κ1) is 23.0. The minimum Gasteiger partial charge on any atom is -0.354 e. The molecule has 0 saturated carbocycles. The fourth-order valence-corrected chi connectivity index (χ4v) is 4.04. The summed E-state index contributed by atoms with van der Waals surface area (Å²) in [4.78, 5) is 28.8. The van der Waals surface area contributed by atoms with Crippen LogP contribution in [0.5, 0.6) is 0 Å². The SMILES string of the molecule is CCCNC(=O)C(CC)N(Cc1ccccc1C)C(=O)CCSc1ccccc1. The molecule has 2 aromatic rings. The first-order valence-corrected chi connectivity index (χ1v) is 11.3. The minimum absolute atomic E-state index is 0.0233. The summed E-state index contributed by atoms with van der Waals surface area (Å²) in [6.07, 6.45) is 1.88.